The van der Waals surface area contributed by atoms with Crippen molar-refractivity contribution in [2.75, 3.05) is 18.6 Å². The average molecular weight is 280 g/mol. The zero-order chi connectivity index (χ0) is 15.1. The molecule has 0 aliphatic heterocycles. The summed E-state index contributed by atoms with van der Waals surface area (Å²) in [5.41, 5.74) is 2.16. The number of carbonyl (C=O) groups excluding carboxylic acids is 1. The molecule has 0 unspecified atom stereocenters. The van der Waals surface area contributed by atoms with Crippen LogP contribution in [0.15, 0.2) is 48.8 Å². The lowest BCUT2D eigenvalue weighted by Crippen LogP contribution is -2.26. The molecule has 0 aliphatic rings. The first-order valence-electron chi connectivity index (χ1n) is 6.60. The maximum absolute atomic E-state index is 12.3. The molecule has 21 heavy (non-hydrogen) atoms. The molecule has 4 nitrogen and oxygen atoms in total. The summed E-state index contributed by atoms with van der Waals surface area (Å²) in [6.45, 7) is 0.0550. The van der Waals surface area contributed by atoms with Crippen LogP contribution in [0.1, 0.15) is 22.3 Å². The van der Waals surface area contributed by atoms with E-state index in [0.29, 0.717) is 12.0 Å². The molecule has 0 bridgehead atoms. The van der Waals surface area contributed by atoms with E-state index in [9.17, 15) is 4.79 Å². The van der Waals surface area contributed by atoms with Gasteiger partial charge in [-0.05, 0) is 36.4 Å². The summed E-state index contributed by atoms with van der Waals surface area (Å²) in [6, 6.07) is 10.7. The Kier molecular flexibility index (Phi) is 5.08. The van der Waals surface area contributed by atoms with Crippen LogP contribution in [0.3, 0.4) is 0 Å². The molecule has 1 amide bonds. The summed E-state index contributed by atoms with van der Waals surface area (Å²) in [5, 5.41) is 8.67. The van der Waals surface area contributed by atoms with E-state index in [-0.39, 0.29) is 12.5 Å². The van der Waals surface area contributed by atoms with Gasteiger partial charge in [0, 0.05) is 30.8 Å². The smallest absolute Gasteiger partial charge is 0.258 e. The van der Waals surface area contributed by atoms with E-state index >= 15 is 0 Å². The number of carbonyl (C=O) groups is 1. The highest BCUT2D eigenvalue weighted by Gasteiger charge is 2.12. The number of aromatic nitrogens is 1. The Hall–Kier alpha value is -2.64. The van der Waals surface area contributed by atoms with Crippen molar-refractivity contribution >= 4 is 11.6 Å². The summed E-state index contributed by atoms with van der Waals surface area (Å²) >= 11 is 0. The number of aliphatic hydroxyl groups excluding tert-OH is 1. The summed E-state index contributed by atoms with van der Waals surface area (Å²) < 4.78 is 0. The molecule has 2 aromatic rings. The molecule has 4 heteroatoms. The van der Waals surface area contributed by atoms with E-state index in [0.717, 1.165) is 11.3 Å². The Morgan fingerprint density at radius 1 is 1.29 bits per heavy atom. The fourth-order valence-electron chi connectivity index (χ4n) is 1.78. The largest absolute Gasteiger partial charge is 0.395 e. The van der Waals surface area contributed by atoms with Crippen LogP contribution < -0.4 is 4.90 Å². The molecule has 1 aromatic heterocycles. The Bertz CT molecular complexity index is 655. The Morgan fingerprint density at radius 3 is 2.67 bits per heavy atom. The van der Waals surface area contributed by atoms with Gasteiger partial charge in [-0.15, -0.1) is 0 Å². The quantitative estimate of drug-likeness (QED) is 0.876. The number of amides is 1. The van der Waals surface area contributed by atoms with Gasteiger partial charge < -0.3 is 10.0 Å². The second-order valence-corrected chi connectivity index (χ2v) is 4.43. The molecule has 0 aliphatic carbocycles. The van der Waals surface area contributed by atoms with Gasteiger partial charge in [0.1, 0.15) is 0 Å². The van der Waals surface area contributed by atoms with Crippen LogP contribution in [0.2, 0.25) is 0 Å². The topological polar surface area (TPSA) is 53.4 Å². The van der Waals surface area contributed by atoms with Crippen molar-refractivity contribution in [1.82, 2.24) is 4.98 Å². The highest BCUT2D eigenvalue weighted by atomic mass is 16.2. The fraction of sp³-hybridized carbons (Fsp3) is 0.176. The molecule has 0 spiro atoms. The second-order valence-electron chi connectivity index (χ2n) is 4.43. The van der Waals surface area contributed by atoms with Crippen LogP contribution in [0.4, 0.5) is 5.69 Å². The van der Waals surface area contributed by atoms with Crippen molar-refractivity contribution in [2.45, 2.75) is 6.42 Å². The van der Waals surface area contributed by atoms with E-state index in [1.165, 1.54) is 0 Å². The first-order valence-corrected chi connectivity index (χ1v) is 6.60. The summed E-state index contributed by atoms with van der Waals surface area (Å²) in [4.78, 5) is 17.9. The SMILES string of the molecule is CN(C(=O)c1ccc(C#CCCO)cc1)c1cccnc1. The highest BCUT2D eigenvalue weighted by Crippen LogP contribution is 2.14. The van der Waals surface area contributed by atoms with Crippen LogP contribution in [-0.2, 0) is 0 Å². The predicted octanol–water partition coefficient (Wildman–Crippen LogP) is 2.09. The Labute approximate surface area is 124 Å². The molecule has 0 saturated heterocycles. The lowest BCUT2D eigenvalue weighted by atomic mass is 10.1. The van der Waals surface area contributed by atoms with Crippen LogP contribution in [0.25, 0.3) is 0 Å². The van der Waals surface area contributed by atoms with E-state index < -0.39 is 0 Å². The molecule has 106 valence electrons. The molecular formula is C17H16N2O2. The molecule has 0 fully saturated rings. The predicted molar refractivity (Wildman–Crippen MR) is 82.0 cm³/mol. The van der Waals surface area contributed by atoms with Crippen molar-refractivity contribution in [3.63, 3.8) is 0 Å². The molecule has 2 rings (SSSR count). The third-order valence-electron chi connectivity index (χ3n) is 2.94. The number of pyridine rings is 1. The van der Waals surface area contributed by atoms with Gasteiger partial charge in [0.15, 0.2) is 0 Å². The van der Waals surface area contributed by atoms with Crippen molar-refractivity contribution in [1.29, 1.82) is 0 Å². The fourth-order valence-corrected chi connectivity index (χ4v) is 1.78. The number of nitrogens with zero attached hydrogens (tertiary/aromatic N) is 2. The zero-order valence-electron chi connectivity index (χ0n) is 11.8. The summed E-state index contributed by atoms with van der Waals surface area (Å²) in [7, 11) is 1.72. The van der Waals surface area contributed by atoms with Gasteiger partial charge in [0.25, 0.3) is 5.91 Å². The Morgan fingerprint density at radius 2 is 2.05 bits per heavy atom. The van der Waals surface area contributed by atoms with Crippen LogP contribution in [0, 0.1) is 11.8 Å². The van der Waals surface area contributed by atoms with Crippen LogP contribution >= 0.6 is 0 Å². The van der Waals surface area contributed by atoms with Crippen LogP contribution in [0.5, 0.6) is 0 Å². The van der Waals surface area contributed by atoms with Gasteiger partial charge in [-0.1, -0.05) is 11.8 Å². The van der Waals surface area contributed by atoms with Gasteiger partial charge >= 0.3 is 0 Å². The highest BCUT2D eigenvalue weighted by molar-refractivity contribution is 6.05. The number of rotatable bonds is 3. The van der Waals surface area contributed by atoms with E-state index in [1.54, 1.807) is 54.7 Å². The van der Waals surface area contributed by atoms with Crippen molar-refractivity contribution in [2.24, 2.45) is 0 Å². The maximum Gasteiger partial charge on any atom is 0.258 e. The second kappa shape index (κ2) is 7.22. The average Bonchev–Trinajstić information content (AvgIpc) is 2.55. The number of benzene rings is 1. The monoisotopic (exact) mass is 280 g/mol. The third-order valence-corrected chi connectivity index (χ3v) is 2.94. The third kappa shape index (κ3) is 3.91. The van der Waals surface area contributed by atoms with Gasteiger partial charge in [-0.25, -0.2) is 0 Å². The van der Waals surface area contributed by atoms with Crippen LogP contribution in [-0.4, -0.2) is 29.7 Å². The lowest BCUT2D eigenvalue weighted by Gasteiger charge is -2.16. The molecule has 1 N–H and O–H groups in total. The normalized spacial score (nSPS) is 9.62. The van der Waals surface area contributed by atoms with Gasteiger partial charge in [0.2, 0.25) is 0 Å². The van der Waals surface area contributed by atoms with Crippen molar-refractivity contribution < 1.29 is 9.90 Å². The van der Waals surface area contributed by atoms with E-state index in [1.807, 2.05) is 6.07 Å². The molecule has 0 radical (unpaired) electrons. The Balaban J connectivity index is 2.12. The van der Waals surface area contributed by atoms with Gasteiger partial charge in [-0.3, -0.25) is 9.78 Å². The standard InChI is InChI=1S/C17H16N2O2/c1-19(16-6-4-11-18-13-16)17(21)15-9-7-14(8-10-15)5-2-3-12-20/h4,6-11,13,20H,3,12H2,1H3. The molecule has 0 atom stereocenters. The van der Waals surface area contributed by atoms with E-state index in [2.05, 4.69) is 16.8 Å². The van der Waals surface area contributed by atoms with E-state index in [4.69, 9.17) is 5.11 Å². The summed E-state index contributed by atoms with van der Waals surface area (Å²) in [5.74, 6) is 5.67. The van der Waals surface area contributed by atoms with Crippen molar-refractivity contribution in [3.8, 4) is 11.8 Å². The van der Waals surface area contributed by atoms with Gasteiger partial charge in [-0.2, -0.15) is 0 Å². The number of hydrogen-bond donors (Lipinski definition) is 1. The van der Waals surface area contributed by atoms with Crippen molar-refractivity contribution in [3.05, 3.63) is 59.9 Å². The molecule has 1 heterocycles. The number of aliphatic hydroxyl groups is 1. The molecular weight excluding hydrogens is 264 g/mol. The summed E-state index contributed by atoms with van der Waals surface area (Å²) in [6.07, 6.45) is 3.76. The van der Waals surface area contributed by atoms with Gasteiger partial charge in [0.05, 0.1) is 18.5 Å². The lowest BCUT2D eigenvalue weighted by molar-refractivity contribution is 0.0993. The zero-order valence-corrected chi connectivity index (χ0v) is 11.8. The minimum absolute atomic E-state index is 0.0550. The molecule has 1 aromatic carbocycles. The first kappa shape index (κ1) is 14.8. The number of anilines is 1. The maximum atomic E-state index is 12.3. The minimum atomic E-state index is -0.0992. The number of hydrogen-bond acceptors (Lipinski definition) is 3. The molecule has 0 saturated carbocycles. The minimum Gasteiger partial charge on any atom is -0.395 e. The first-order chi connectivity index (χ1) is 10.2.